The summed E-state index contributed by atoms with van der Waals surface area (Å²) in [6.45, 7) is 1.78. The van der Waals surface area contributed by atoms with Crippen molar-refractivity contribution in [3.63, 3.8) is 0 Å². The van der Waals surface area contributed by atoms with Crippen molar-refractivity contribution in [2.45, 2.75) is 11.8 Å². The molecule has 0 aliphatic rings. The van der Waals surface area contributed by atoms with E-state index >= 15 is 0 Å². The fourth-order valence-electron chi connectivity index (χ4n) is 1.62. The van der Waals surface area contributed by atoms with Crippen LogP contribution in [0.5, 0.6) is 0 Å². The van der Waals surface area contributed by atoms with Gasteiger partial charge in [0.1, 0.15) is 4.99 Å². The molecule has 4 nitrogen and oxygen atoms in total. The molecule has 3 N–H and O–H groups in total. The summed E-state index contributed by atoms with van der Waals surface area (Å²) < 4.78 is 26.8. The van der Waals surface area contributed by atoms with Gasteiger partial charge in [-0.25, -0.2) is 8.42 Å². The Hall–Kier alpha value is -1.44. The Morgan fingerprint density at radius 3 is 2.63 bits per heavy atom. The lowest BCUT2D eigenvalue weighted by Crippen LogP contribution is -2.15. The van der Waals surface area contributed by atoms with Gasteiger partial charge in [0.15, 0.2) is 0 Å². The number of hydrogen-bond donors (Lipinski definition) is 2. The van der Waals surface area contributed by atoms with Crippen molar-refractivity contribution >= 4 is 44.3 Å². The predicted octanol–water partition coefficient (Wildman–Crippen LogP) is 2.49. The van der Waals surface area contributed by atoms with Crippen LogP contribution >= 0.6 is 23.6 Å². The molecular weight excluding hydrogens is 300 g/mol. The maximum absolute atomic E-state index is 12.2. The lowest BCUT2D eigenvalue weighted by molar-refractivity contribution is 0.601. The Balaban J connectivity index is 2.36. The SMILES string of the molecule is Cc1cc(S(=O)(=O)Nc2ccsc2)ccc1C(N)=S. The Morgan fingerprint density at radius 2 is 2.11 bits per heavy atom. The fraction of sp³-hybridized carbons (Fsp3) is 0.0833. The quantitative estimate of drug-likeness (QED) is 0.851. The molecule has 0 saturated heterocycles. The molecule has 1 aromatic carbocycles. The summed E-state index contributed by atoms with van der Waals surface area (Å²) >= 11 is 6.32. The van der Waals surface area contributed by atoms with E-state index in [-0.39, 0.29) is 9.88 Å². The van der Waals surface area contributed by atoms with Gasteiger partial charge in [-0.2, -0.15) is 11.3 Å². The van der Waals surface area contributed by atoms with Gasteiger partial charge in [0.25, 0.3) is 10.0 Å². The van der Waals surface area contributed by atoms with Gasteiger partial charge in [-0.3, -0.25) is 4.72 Å². The molecule has 19 heavy (non-hydrogen) atoms. The van der Waals surface area contributed by atoms with E-state index in [9.17, 15) is 8.42 Å². The minimum Gasteiger partial charge on any atom is -0.389 e. The number of hydrogen-bond acceptors (Lipinski definition) is 4. The number of nitrogens with one attached hydrogen (secondary N) is 1. The number of nitrogens with two attached hydrogens (primary N) is 1. The van der Waals surface area contributed by atoms with Gasteiger partial charge in [0.2, 0.25) is 0 Å². The summed E-state index contributed by atoms with van der Waals surface area (Å²) in [7, 11) is -3.58. The molecule has 1 heterocycles. The Kier molecular flexibility index (Phi) is 3.88. The van der Waals surface area contributed by atoms with E-state index in [1.165, 1.54) is 17.4 Å². The Labute approximate surface area is 121 Å². The van der Waals surface area contributed by atoms with E-state index in [1.807, 2.05) is 0 Å². The molecule has 100 valence electrons. The number of rotatable bonds is 4. The van der Waals surface area contributed by atoms with E-state index < -0.39 is 10.0 Å². The van der Waals surface area contributed by atoms with E-state index in [2.05, 4.69) is 4.72 Å². The van der Waals surface area contributed by atoms with Crippen molar-refractivity contribution in [3.05, 3.63) is 46.2 Å². The van der Waals surface area contributed by atoms with E-state index in [0.29, 0.717) is 11.3 Å². The van der Waals surface area contributed by atoms with E-state index in [0.717, 1.165) is 5.56 Å². The summed E-state index contributed by atoms with van der Waals surface area (Å²) in [4.78, 5) is 0.448. The maximum atomic E-state index is 12.2. The zero-order valence-electron chi connectivity index (χ0n) is 10.1. The molecule has 0 fully saturated rings. The number of thiophene rings is 1. The van der Waals surface area contributed by atoms with Crippen LogP contribution in [0.1, 0.15) is 11.1 Å². The first-order valence-electron chi connectivity index (χ1n) is 5.35. The lowest BCUT2D eigenvalue weighted by atomic mass is 10.1. The molecule has 0 aliphatic heterocycles. The van der Waals surface area contributed by atoms with Crippen molar-refractivity contribution < 1.29 is 8.42 Å². The van der Waals surface area contributed by atoms with Crippen molar-refractivity contribution in [3.8, 4) is 0 Å². The Morgan fingerprint density at radius 1 is 1.37 bits per heavy atom. The first-order chi connectivity index (χ1) is 8.90. The second-order valence-corrected chi connectivity index (χ2v) is 6.86. The third-order valence-electron chi connectivity index (χ3n) is 2.55. The first kappa shape index (κ1) is 14.0. The lowest BCUT2D eigenvalue weighted by Gasteiger charge is -2.09. The van der Waals surface area contributed by atoms with Crippen molar-refractivity contribution in [2.24, 2.45) is 5.73 Å². The molecule has 1 aromatic heterocycles. The number of aryl methyl sites for hydroxylation is 1. The molecule has 0 saturated carbocycles. The highest BCUT2D eigenvalue weighted by Crippen LogP contribution is 2.20. The van der Waals surface area contributed by atoms with Crippen molar-refractivity contribution in [1.29, 1.82) is 0 Å². The molecule has 0 spiro atoms. The highest BCUT2D eigenvalue weighted by atomic mass is 32.2. The molecular formula is C12H12N2O2S3. The van der Waals surface area contributed by atoms with Crippen LogP contribution in [0.25, 0.3) is 0 Å². The molecule has 0 atom stereocenters. The Bertz CT molecular complexity index is 707. The average molecular weight is 312 g/mol. The van der Waals surface area contributed by atoms with Gasteiger partial charge in [0, 0.05) is 10.9 Å². The fourth-order valence-corrected chi connectivity index (χ4v) is 3.64. The van der Waals surface area contributed by atoms with Crippen LogP contribution in [0, 0.1) is 6.92 Å². The largest absolute Gasteiger partial charge is 0.389 e. The smallest absolute Gasteiger partial charge is 0.261 e. The molecule has 0 aliphatic carbocycles. The second-order valence-electron chi connectivity index (χ2n) is 3.96. The van der Waals surface area contributed by atoms with Crippen LogP contribution in [0.4, 0.5) is 5.69 Å². The maximum Gasteiger partial charge on any atom is 0.261 e. The predicted molar refractivity (Wildman–Crippen MR) is 82.2 cm³/mol. The van der Waals surface area contributed by atoms with Gasteiger partial charge < -0.3 is 5.73 Å². The number of benzene rings is 1. The van der Waals surface area contributed by atoms with E-state index in [1.54, 1.807) is 35.9 Å². The standard InChI is InChI=1S/C12H12N2O2S3/c1-8-6-10(2-3-11(8)12(13)17)19(15,16)14-9-4-5-18-7-9/h2-7,14H,1H3,(H2,13,17). The molecule has 2 aromatic rings. The second kappa shape index (κ2) is 5.28. The summed E-state index contributed by atoms with van der Waals surface area (Å²) in [5, 5.41) is 3.53. The van der Waals surface area contributed by atoms with Gasteiger partial charge in [-0.15, -0.1) is 0 Å². The van der Waals surface area contributed by atoms with Crippen molar-refractivity contribution in [2.75, 3.05) is 4.72 Å². The van der Waals surface area contributed by atoms with Crippen LogP contribution < -0.4 is 10.5 Å². The molecule has 7 heteroatoms. The topological polar surface area (TPSA) is 72.2 Å². The van der Waals surface area contributed by atoms with Crippen LogP contribution in [0.15, 0.2) is 39.9 Å². The summed E-state index contributed by atoms with van der Waals surface area (Å²) in [6, 6.07) is 6.39. The van der Waals surface area contributed by atoms with Crippen LogP contribution in [-0.2, 0) is 10.0 Å². The average Bonchev–Trinajstić information content (AvgIpc) is 2.80. The van der Waals surface area contributed by atoms with Gasteiger partial charge in [-0.05, 0) is 36.1 Å². The third kappa shape index (κ3) is 3.12. The summed E-state index contributed by atoms with van der Waals surface area (Å²) in [5.74, 6) is 0. The molecule has 0 amide bonds. The van der Waals surface area contributed by atoms with Crippen molar-refractivity contribution in [1.82, 2.24) is 0 Å². The van der Waals surface area contributed by atoms with E-state index in [4.69, 9.17) is 18.0 Å². The van der Waals surface area contributed by atoms with Crippen LogP contribution in [0.2, 0.25) is 0 Å². The number of sulfonamides is 1. The molecule has 0 radical (unpaired) electrons. The molecule has 0 bridgehead atoms. The normalized spacial score (nSPS) is 11.2. The minimum atomic E-state index is -3.58. The minimum absolute atomic E-state index is 0.191. The van der Waals surface area contributed by atoms with Gasteiger partial charge >= 0.3 is 0 Å². The van der Waals surface area contributed by atoms with Crippen LogP contribution in [-0.4, -0.2) is 13.4 Å². The zero-order valence-corrected chi connectivity index (χ0v) is 12.5. The summed E-state index contributed by atoms with van der Waals surface area (Å²) in [5.41, 5.74) is 7.53. The summed E-state index contributed by atoms with van der Waals surface area (Å²) in [6.07, 6.45) is 0. The van der Waals surface area contributed by atoms with Crippen LogP contribution in [0.3, 0.4) is 0 Å². The number of anilines is 1. The first-order valence-corrected chi connectivity index (χ1v) is 8.19. The molecule has 2 rings (SSSR count). The van der Waals surface area contributed by atoms with Gasteiger partial charge in [-0.1, -0.05) is 18.3 Å². The zero-order chi connectivity index (χ0) is 14.0. The highest BCUT2D eigenvalue weighted by molar-refractivity contribution is 7.92. The highest BCUT2D eigenvalue weighted by Gasteiger charge is 2.15. The third-order valence-corrected chi connectivity index (χ3v) is 4.83. The monoisotopic (exact) mass is 312 g/mol. The molecule has 0 unspecified atom stereocenters. The number of thiocarbonyl (C=S) groups is 1. The van der Waals surface area contributed by atoms with Gasteiger partial charge in [0.05, 0.1) is 10.6 Å².